The summed E-state index contributed by atoms with van der Waals surface area (Å²) in [4.78, 5) is 14.3. The molecular formula is C14H20N2O2. The van der Waals surface area contributed by atoms with Gasteiger partial charge in [-0.15, -0.1) is 0 Å². The summed E-state index contributed by atoms with van der Waals surface area (Å²) in [7, 11) is 0. The van der Waals surface area contributed by atoms with Crippen LogP contribution in [0.2, 0.25) is 0 Å². The van der Waals surface area contributed by atoms with Crippen molar-refractivity contribution in [3.05, 3.63) is 29.3 Å². The second-order valence-corrected chi connectivity index (χ2v) is 5.14. The number of likely N-dealkylation sites (tertiary alicyclic amines) is 1. The largest absolute Gasteiger partial charge is 0.508 e. The third-order valence-electron chi connectivity index (χ3n) is 3.70. The highest BCUT2D eigenvalue weighted by molar-refractivity contribution is 5.96. The van der Waals surface area contributed by atoms with E-state index in [2.05, 4.69) is 6.92 Å². The van der Waals surface area contributed by atoms with E-state index in [-0.39, 0.29) is 17.7 Å². The zero-order valence-corrected chi connectivity index (χ0v) is 10.9. The lowest BCUT2D eigenvalue weighted by Gasteiger charge is -2.22. The highest BCUT2D eigenvalue weighted by atomic mass is 16.3. The smallest absolute Gasteiger partial charge is 0.254 e. The highest BCUT2D eigenvalue weighted by Gasteiger charge is 2.32. The number of aryl methyl sites for hydroxylation is 1. The third kappa shape index (κ3) is 2.34. The molecule has 2 atom stereocenters. The van der Waals surface area contributed by atoms with E-state index in [0.29, 0.717) is 18.0 Å². The maximum Gasteiger partial charge on any atom is 0.254 e. The number of rotatable bonds is 2. The van der Waals surface area contributed by atoms with Crippen molar-refractivity contribution in [3.8, 4) is 5.75 Å². The number of hydrogen-bond donors (Lipinski definition) is 2. The fourth-order valence-corrected chi connectivity index (χ4v) is 2.64. The van der Waals surface area contributed by atoms with Crippen molar-refractivity contribution in [3.63, 3.8) is 0 Å². The van der Waals surface area contributed by atoms with Gasteiger partial charge in [-0.2, -0.15) is 0 Å². The lowest BCUT2D eigenvalue weighted by atomic mass is 10.1. The van der Waals surface area contributed by atoms with Gasteiger partial charge in [-0.3, -0.25) is 4.79 Å². The molecule has 1 fully saturated rings. The second-order valence-electron chi connectivity index (χ2n) is 5.14. The van der Waals surface area contributed by atoms with E-state index in [4.69, 9.17) is 5.73 Å². The molecule has 0 spiro atoms. The molecule has 18 heavy (non-hydrogen) atoms. The number of carbonyl (C=O) groups excluding carboxylic acids is 1. The molecule has 0 saturated carbocycles. The fraction of sp³-hybridized carbons (Fsp3) is 0.500. The average molecular weight is 248 g/mol. The van der Waals surface area contributed by atoms with Gasteiger partial charge in [0.2, 0.25) is 0 Å². The van der Waals surface area contributed by atoms with Gasteiger partial charge in [-0.05, 0) is 56.5 Å². The Balaban J connectivity index is 2.21. The maximum atomic E-state index is 12.5. The van der Waals surface area contributed by atoms with Gasteiger partial charge in [-0.25, -0.2) is 0 Å². The van der Waals surface area contributed by atoms with Crippen LogP contribution >= 0.6 is 0 Å². The molecule has 4 nitrogen and oxygen atoms in total. The van der Waals surface area contributed by atoms with Crippen molar-refractivity contribution >= 4 is 5.91 Å². The van der Waals surface area contributed by atoms with Crippen LogP contribution in [0.3, 0.4) is 0 Å². The molecule has 2 rings (SSSR count). The highest BCUT2D eigenvalue weighted by Crippen LogP contribution is 2.26. The van der Waals surface area contributed by atoms with Crippen LogP contribution in [0.25, 0.3) is 0 Å². The topological polar surface area (TPSA) is 66.6 Å². The quantitative estimate of drug-likeness (QED) is 0.833. The van der Waals surface area contributed by atoms with Gasteiger partial charge in [0.1, 0.15) is 5.75 Å². The van der Waals surface area contributed by atoms with Crippen LogP contribution in [0, 0.1) is 12.8 Å². The van der Waals surface area contributed by atoms with Gasteiger partial charge in [0.25, 0.3) is 5.91 Å². The van der Waals surface area contributed by atoms with Crippen molar-refractivity contribution in [2.24, 2.45) is 11.7 Å². The van der Waals surface area contributed by atoms with Gasteiger partial charge in [-0.1, -0.05) is 0 Å². The van der Waals surface area contributed by atoms with E-state index < -0.39 is 0 Å². The Bertz CT molecular complexity index is 459. The first-order valence-corrected chi connectivity index (χ1v) is 6.33. The van der Waals surface area contributed by atoms with E-state index in [1.807, 2.05) is 11.8 Å². The van der Waals surface area contributed by atoms with Gasteiger partial charge >= 0.3 is 0 Å². The predicted octanol–water partition coefficient (Wildman–Crippen LogP) is 1.51. The molecule has 1 heterocycles. The number of phenols is 1. The van der Waals surface area contributed by atoms with Gasteiger partial charge < -0.3 is 15.7 Å². The maximum absolute atomic E-state index is 12.5. The first kappa shape index (κ1) is 12.9. The first-order chi connectivity index (χ1) is 8.52. The van der Waals surface area contributed by atoms with Gasteiger partial charge in [0.15, 0.2) is 0 Å². The molecule has 1 aliphatic rings. The van der Waals surface area contributed by atoms with Crippen LogP contribution in [0.5, 0.6) is 5.75 Å². The van der Waals surface area contributed by atoms with E-state index in [9.17, 15) is 9.90 Å². The van der Waals surface area contributed by atoms with Crippen molar-refractivity contribution in [1.82, 2.24) is 4.90 Å². The molecule has 0 aromatic heterocycles. The molecule has 98 valence electrons. The normalized spacial score (nSPS) is 23.4. The van der Waals surface area contributed by atoms with E-state index in [1.54, 1.807) is 18.2 Å². The van der Waals surface area contributed by atoms with Crippen molar-refractivity contribution < 1.29 is 9.90 Å². The zero-order valence-electron chi connectivity index (χ0n) is 10.9. The standard InChI is InChI=1S/C14H20N2O2/c1-9-5-12(17)3-4-13(9)14(18)16-8-11(7-15)6-10(16)2/h3-5,10-11,17H,6-8,15H2,1-2H3. The molecule has 1 aromatic carbocycles. The Labute approximate surface area is 107 Å². The number of aromatic hydroxyl groups is 1. The Morgan fingerprint density at radius 2 is 2.28 bits per heavy atom. The summed E-state index contributed by atoms with van der Waals surface area (Å²) in [5.41, 5.74) is 7.15. The Hall–Kier alpha value is -1.55. The molecule has 1 aliphatic heterocycles. The number of amides is 1. The molecule has 4 heteroatoms. The van der Waals surface area contributed by atoms with Crippen LogP contribution in [0.1, 0.15) is 29.3 Å². The van der Waals surface area contributed by atoms with E-state index >= 15 is 0 Å². The molecule has 0 radical (unpaired) electrons. The zero-order chi connectivity index (χ0) is 13.3. The first-order valence-electron chi connectivity index (χ1n) is 6.33. The molecule has 0 bridgehead atoms. The van der Waals surface area contributed by atoms with Crippen LogP contribution in [0.15, 0.2) is 18.2 Å². The number of carbonyl (C=O) groups is 1. The molecule has 1 amide bonds. The van der Waals surface area contributed by atoms with Crippen LogP contribution in [-0.4, -0.2) is 35.0 Å². The summed E-state index contributed by atoms with van der Waals surface area (Å²) in [6.07, 6.45) is 0.972. The molecule has 1 aromatic rings. The Morgan fingerprint density at radius 1 is 1.56 bits per heavy atom. The van der Waals surface area contributed by atoms with Crippen molar-refractivity contribution in [2.45, 2.75) is 26.3 Å². The van der Waals surface area contributed by atoms with E-state index in [1.165, 1.54) is 0 Å². The number of benzene rings is 1. The van der Waals surface area contributed by atoms with E-state index in [0.717, 1.165) is 18.5 Å². The second kappa shape index (κ2) is 4.98. The third-order valence-corrected chi connectivity index (χ3v) is 3.70. The van der Waals surface area contributed by atoms with Crippen molar-refractivity contribution in [2.75, 3.05) is 13.1 Å². The molecular weight excluding hydrogens is 228 g/mol. The van der Waals surface area contributed by atoms with Crippen LogP contribution in [-0.2, 0) is 0 Å². The Kier molecular flexibility index (Phi) is 3.57. The molecule has 2 unspecified atom stereocenters. The molecule has 1 saturated heterocycles. The summed E-state index contributed by atoms with van der Waals surface area (Å²) in [6, 6.07) is 5.10. The number of phenolic OH excluding ortho intramolecular Hbond substituents is 1. The summed E-state index contributed by atoms with van der Waals surface area (Å²) >= 11 is 0. The van der Waals surface area contributed by atoms with Gasteiger partial charge in [0, 0.05) is 18.2 Å². The minimum Gasteiger partial charge on any atom is -0.508 e. The summed E-state index contributed by atoms with van der Waals surface area (Å²) in [5, 5.41) is 9.38. The van der Waals surface area contributed by atoms with Crippen molar-refractivity contribution in [1.29, 1.82) is 0 Å². The predicted molar refractivity (Wildman–Crippen MR) is 70.5 cm³/mol. The summed E-state index contributed by atoms with van der Waals surface area (Å²) in [5.74, 6) is 0.635. The number of nitrogens with zero attached hydrogens (tertiary/aromatic N) is 1. The molecule has 0 aliphatic carbocycles. The van der Waals surface area contributed by atoms with Crippen LogP contribution in [0.4, 0.5) is 0 Å². The number of nitrogens with two attached hydrogens (primary N) is 1. The monoisotopic (exact) mass is 248 g/mol. The average Bonchev–Trinajstić information content (AvgIpc) is 2.70. The lowest BCUT2D eigenvalue weighted by Crippen LogP contribution is -2.34. The minimum atomic E-state index is 0.0379. The number of hydrogen-bond acceptors (Lipinski definition) is 3. The van der Waals surface area contributed by atoms with Crippen LogP contribution < -0.4 is 5.73 Å². The minimum absolute atomic E-state index is 0.0379. The Morgan fingerprint density at radius 3 is 2.83 bits per heavy atom. The molecule has 3 N–H and O–H groups in total. The summed E-state index contributed by atoms with van der Waals surface area (Å²) in [6.45, 7) is 5.26. The van der Waals surface area contributed by atoms with Gasteiger partial charge in [0.05, 0.1) is 0 Å². The summed E-state index contributed by atoms with van der Waals surface area (Å²) < 4.78 is 0. The SMILES string of the molecule is Cc1cc(O)ccc1C(=O)N1CC(CN)CC1C. The lowest BCUT2D eigenvalue weighted by molar-refractivity contribution is 0.0742. The fourth-order valence-electron chi connectivity index (χ4n) is 2.64.